The average molecular weight is 270 g/mol. The summed E-state index contributed by atoms with van der Waals surface area (Å²) in [5, 5.41) is 3.66. The van der Waals surface area contributed by atoms with E-state index in [2.05, 4.69) is 4.98 Å². The van der Waals surface area contributed by atoms with Crippen molar-refractivity contribution in [3.63, 3.8) is 0 Å². The maximum atomic E-state index is 12.5. The fraction of sp³-hybridized carbons (Fsp3) is 0.200. The molecule has 19 heavy (non-hydrogen) atoms. The van der Waals surface area contributed by atoms with E-state index in [4.69, 9.17) is 0 Å². The molecule has 0 bridgehead atoms. The molecule has 0 aliphatic carbocycles. The molecule has 3 nitrogen and oxygen atoms in total. The van der Waals surface area contributed by atoms with Gasteiger partial charge in [0, 0.05) is 6.54 Å². The lowest BCUT2D eigenvalue weighted by molar-refractivity contribution is 0.635. The van der Waals surface area contributed by atoms with E-state index >= 15 is 0 Å². The molecule has 0 N–H and O–H groups in total. The molecule has 4 heteroatoms. The van der Waals surface area contributed by atoms with Crippen molar-refractivity contribution in [3.8, 4) is 0 Å². The predicted molar refractivity (Wildman–Crippen MR) is 81.0 cm³/mol. The summed E-state index contributed by atoms with van der Waals surface area (Å²) in [5.74, 6) is 0. The SMILES string of the molecule is CCn1c(SC)nc2cc3ccccc3cc2c1=O. The van der Waals surface area contributed by atoms with E-state index in [0.717, 1.165) is 21.4 Å². The van der Waals surface area contributed by atoms with Crippen LogP contribution in [-0.4, -0.2) is 15.8 Å². The number of benzene rings is 2. The van der Waals surface area contributed by atoms with Crippen LogP contribution < -0.4 is 5.56 Å². The number of hydrogen-bond acceptors (Lipinski definition) is 3. The molecular formula is C15H14N2OS. The van der Waals surface area contributed by atoms with Gasteiger partial charge in [-0.2, -0.15) is 0 Å². The second kappa shape index (κ2) is 4.70. The Morgan fingerprint density at radius 1 is 1.21 bits per heavy atom. The van der Waals surface area contributed by atoms with Gasteiger partial charge in [-0.25, -0.2) is 4.98 Å². The predicted octanol–water partition coefficient (Wildman–Crippen LogP) is 3.29. The fourth-order valence-corrected chi connectivity index (χ4v) is 2.94. The summed E-state index contributed by atoms with van der Waals surface area (Å²) >= 11 is 1.51. The Kier molecular flexibility index (Phi) is 3.03. The Balaban J connectivity index is 2.47. The molecule has 2 aromatic carbocycles. The monoisotopic (exact) mass is 270 g/mol. The van der Waals surface area contributed by atoms with Gasteiger partial charge < -0.3 is 0 Å². The number of fused-ring (bicyclic) bond motifs is 2. The molecule has 1 aromatic heterocycles. The number of rotatable bonds is 2. The van der Waals surface area contributed by atoms with E-state index < -0.39 is 0 Å². The Bertz CT molecular complexity index is 823. The number of nitrogens with zero attached hydrogens (tertiary/aromatic N) is 2. The highest BCUT2D eigenvalue weighted by molar-refractivity contribution is 7.98. The largest absolute Gasteiger partial charge is 0.287 e. The third-order valence-corrected chi connectivity index (χ3v) is 3.96. The maximum absolute atomic E-state index is 12.5. The minimum absolute atomic E-state index is 0.0441. The van der Waals surface area contributed by atoms with Crippen molar-refractivity contribution in [2.45, 2.75) is 18.6 Å². The highest BCUT2D eigenvalue weighted by Gasteiger charge is 2.09. The summed E-state index contributed by atoms with van der Waals surface area (Å²) in [6.45, 7) is 2.61. The van der Waals surface area contributed by atoms with Crippen molar-refractivity contribution < 1.29 is 0 Å². The first-order valence-electron chi connectivity index (χ1n) is 6.22. The molecule has 3 aromatic rings. The zero-order chi connectivity index (χ0) is 13.4. The van der Waals surface area contributed by atoms with Crippen molar-refractivity contribution >= 4 is 33.4 Å². The van der Waals surface area contributed by atoms with Gasteiger partial charge in [-0.3, -0.25) is 9.36 Å². The van der Waals surface area contributed by atoms with Crippen LogP contribution in [0.4, 0.5) is 0 Å². The van der Waals surface area contributed by atoms with E-state index in [0.29, 0.717) is 11.9 Å². The van der Waals surface area contributed by atoms with Gasteiger partial charge in [0.2, 0.25) is 0 Å². The molecule has 0 saturated carbocycles. The summed E-state index contributed by atoms with van der Waals surface area (Å²) in [4.78, 5) is 17.1. The van der Waals surface area contributed by atoms with Crippen LogP contribution in [0.25, 0.3) is 21.7 Å². The summed E-state index contributed by atoms with van der Waals surface area (Å²) in [5.41, 5.74) is 0.820. The van der Waals surface area contributed by atoms with Gasteiger partial charge in [-0.1, -0.05) is 36.0 Å². The van der Waals surface area contributed by atoms with Gasteiger partial charge in [0.05, 0.1) is 10.9 Å². The van der Waals surface area contributed by atoms with Crippen molar-refractivity contribution in [2.75, 3.05) is 6.26 Å². The van der Waals surface area contributed by atoms with E-state index in [1.54, 1.807) is 4.57 Å². The van der Waals surface area contributed by atoms with Crippen LogP contribution in [0.1, 0.15) is 6.92 Å². The Morgan fingerprint density at radius 3 is 2.53 bits per heavy atom. The van der Waals surface area contributed by atoms with Gasteiger partial charge >= 0.3 is 0 Å². The van der Waals surface area contributed by atoms with Crippen LogP contribution >= 0.6 is 11.8 Å². The second-order valence-electron chi connectivity index (χ2n) is 4.36. The van der Waals surface area contributed by atoms with Gasteiger partial charge in [0.25, 0.3) is 5.56 Å². The van der Waals surface area contributed by atoms with Crippen LogP contribution in [0, 0.1) is 0 Å². The van der Waals surface area contributed by atoms with E-state index in [1.807, 2.05) is 49.6 Å². The Hall–Kier alpha value is -1.81. The fourth-order valence-electron chi connectivity index (χ4n) is 2.32. The molecule has 0 unspecified atom stereocenters. The average Bonchev–Trinajstić information content (AvgIpc) is 2.45. The third-order valence-electron chi connectivity index (χ3n) is 3.29. The van der Waals surface area contributed by atoms with Gasteiger partial charge in [0.15, 0.2) is 5.16 Å². The summed E-state index contributed by atoms with van der Waals surface area (Å²) in [6, 6.07) is 12.0. The molecule has 0 spiro atoms. The van der Waals surface area contributed by atoms with Crippen LogP contribution in [0.3, 0.4) is 0 Å². The number of aromatic nitrogens is 2. The lowest BCUT2D eigenvalue weighted by Crippen LogP contribution is -2.22. The number of hydrogen-bond donors (Lipinski definition) is 0. The van der Waals surface area contributed by atoms with Crippen LogP contribution in [-0.2, 0) is 6.54 Å². The first-order valence-corrected chi connectivity index (χ1v) is 7.44. The van der Waals surface area contributed by atoms with Crippen LogP contribution in [0.2, 0.25) is 0 Å². The summed E-state index contributed by atoms with van der Waals surface area (Å²) < 4.78 is 1.72. The summed E-state index contributed by atoms with van der Waals surface area (Å²) in [7, 11) is 0. The second-order valence-corrected chi connectivity index (χ2v) is 5.14. The lowest BCUT2D eigenvalue weighted by Gasteiger charge is -2.10. The molecule has 1 heterocycles. The third kappa shape index (κ3) is 1.92. The van der Waals surface area contributed by atoms with Gasteiger partial charge in [-0.15, -0.1) is 0 Å². The van der Waals surface area contributed by atoms with Crippen molar-refractivity contribution in [1.29, 1.82) is 0 Å². The van der Waals surface area contributed by atoms with E-state index in [-0.39, 0.29) is 5.56 Å². The smallest absolute Gasteiger partial charge is 0.262 e. The van der Waals surface area contributed by atoms with Gasteiger partial charge in [-0.05, 0) is 36.1 Å². The van der Waals surface area contributed by atoms with E-state index in [9.17, 15) is 4.79 Å². The zero-order valence-electron chi connectivity index (χ0n) is 10.9. The maximum Gasteiger partial charge on any atom is 0.262 e. The summed E-state index contributed by atoms with van der Waals surface area (Å²) in [6.07, 6.45) is 1.95. The quantitative estimate of drug-likeness (QED) is 0.407. The standard InChI is InChI=1S/C15H14N2OS/c1-3-17-14(18)12-8-10-6-4-5-7-11(10)9-13(12)16-15(17)19-2/h4-9H,3H2,1-2H3. The topological polar surface area (TPSA) is 34.9 Å². The highest BCUT2D eigenvalue weighted by atomic mass is 32.2. The molecule has 0 radical (unpaired) electrons. The molecule has 0 saturated heterocycles. The zero-order valence-corrected chi connectivity index (χ0v) is 11.7. The minimum atomic E-state index is 0.0441. The van der Waals surface area contributed by atoms with Crippen LogP contribution in [0.5, 0.6) is 0 Å². The van der Waals surface area contributed by atoms with Crippen LogP contribution in [0.15, 0.2) is 46.3 Å². The molecule has 0 atom stereocenters. The first-order chi connectivity index (χ1) is 9.24. The molecule has 0 amide bonds. The van der Waals surface area contributed by atoms with Crippen molar-refractivity contribution in [3.05, 3.63) is 46.8 Å². The highest BCUT2D eigenvalue weighted by Crippen LogP contribution is 2.21. The Labute approximate surface area is 115 Å². The molecule has 96 valence electrons. The first kappa shape index (κ1) is 12.2. The van der Waals surface area contributed by atoms with Gasteiger partial charge in [0.1, 0.15) is 0 Å². The molecular weight excluding hydrogens is 256 g/mol. The lowest BCUT2D eigenvalue weighted by atomic mass is 10.1. The minimum Gasteiger partial charge on any atom is -0.287 e. The molecule has 0 aliphatic heterocycles. The van der Waals surface area contributed by atoms with Crippen molar-refractivity contribution in [1.82, 2.24) is 9.55 Å². The normalized spacial score (nSPS) is 11.3. The van der Waals surface area contributed by atoms with E-state index in [1.165, 1.54) is 11.8 Å². The molecule has 3 rings (SSSR count). The van der Waals surface area contributed by atoms with Crippen molar-refractivity contribution in [2.24, 2.45) is 0 Å². The Morgan fingerprint density at radius 2 is 1.89 bits per heavy atom. The molecule has 0 fully saturated rings. The number of thioether (sulfide) groups is 1. The molecule has 0 aliphatic rings.